The number of hydroxylamine groups is 4. The lowest BCUT2D eigenvalue weighted by molar-refractivity contribution is -0.204. The third kappa shape index (κ3) is 12.4. The van der Waals surface area contributed by atoms with E-state index in [1.54, 1.807) is 72.8 Å². The molecule has 2 amide bonds. The zero-order chi connectivity index (χ0) is 38.5. The van der Waals surface area contributed by atoms with Crippen LogP contribution in [-0.2, 0) is 48.1 Å². The quantitative estimate of drug-likeness (QED) is 0.101. The number of carbonyl (C=O) groups is 6. The van der Waals surface area contributed by atoms with Crippen molar-refractivity contribution in [2.45, 2.75) is 76.3 Å². The summed E-state index contributed by atoms with van der Waals surface area (Å²) in [5.41, 5.74) is 2.39. The number of benzene rings is 3. The molecule has 274 valence electrons. The molecule has 0 aromatic heterocycles. The van der Waals surface area contributed by atoms with Crippen molar-refractivity contribution in [1.29, 1.82) is 0 Å². The summed E-state index contributed by atoms with van der Waals surface area (Å²) < 4.78 is 0. The number of thiol groups is 2. The second kappa shape index (κ2) is 19.2. The molecule has 16 heteroatoms. The highest BCUT2D eigenvalue weighted by atomic mass is 32.1. The molecule has 0 N–H and O–H groups in total. The van der Waals surface area contributed by atoms with Gasteiger partial charge in [0.1, 0.15) is 12.1 Å². The van der Waals surface area contributed by atoms with Gasteiger partial charge in [0.2, 0.25) is 0 Å². The Morgan fingerprint density at radius 3 is 1.08 bits per heavy atom. The fraction of sp³-hybridized carbons (Fsp3) is 0.278. The number of hydrogen-bond donors (Lipinski definition) is 2. The fourth-order valence-electron chi connectivity index (χ4n) is 4.91. The highest BCUT2D eigenvalue weighted by Gasteiger charge is 2.31. The minimum absolute atomic E-state index is 0.0844. The molecule has 3 rings (SSSR count). The number of nitrogens with zero attached hydrogens (tertiary/aromatic N) is 4. The van der Waals surface area contributed by atoms with E-state index in [9.17, 15) is 28.8 Å². The van der Waals surface area contributed by atoms with Crippen LogP contribution in [0.5, 0.6) is 0 Å². The topological polar surface area (TPSA) is 171 Å². The molecule has 0 aliphatic rings. The van der Waals surface area contributed by atoms with E-state index in [1.807, 2.05) is 0 Å². The summed E-state index contributed by atoms with van der Waals surface area (Å²) in [6, 6.07) is 18.3. The molecular formula is C36H38N4O10S2. The number of hydrogen-bond acceptors (Lipinski definition) is 14. The van der Waals surface area contributed by atoms with E-state index in [2.05, 4.69) is 35.6 Å². The van der Waals surface area contributed by atoms with Gasteiger partial charge >= 0.3 is 23.9 Å². The van der Waals surface area contributed by atoms with Crippen LogP contribution in [0.15, 0.2) is 92.9 Å². The van der Waals surface area contributed by atoms with Crippen LogP contribution in [0, 0.1) is 0 Å². The van der Waals surface area contributed by atoms with Crippen molar-refractivity contribution in [3.05, 3.63) is 95.1 Å². The van der Waals surface area contributed by atoms with Crippen LogP contribution < -0.4 is 0 Å². The Hall–Kier alpha value is -5.48. The normalized spacial score (nSPS) is 12.5. The second-order valence-electron chi connectivity index (χ2n) is 11.3. The average Bonchev–Trinajstić information content (AvgIpc) is 3.07. The van der Waals surface area contributed by atoms with Crippen LogP contribution in [0.4, 0.5) is 0 Å². The smallest absolute Gasteiger partial charge is 0.331 e. The van der Waals surface area contributed by atoms with Crippen LogP contribution in [0.3, 0.4) is 0 Å². The van der Waals surface area contributed by atoms with Gasteiger partial charge in [-0.15, -0.1) is 25.3 Å². The van der Waals surface area contributed by atoms with Crippen LogP contribution in [0.1, 0.15) is 88.7 Å². The molecule has 0 saturated heterocycles. The molecule has 2 unspecified atom stereocenters. The van der Waals surface area contributed by atoms with E-state index in [0.29, 0.717) is 32.0 Å². The van der Waals surface area contributed by atoms with Gasteiger partial charge in [-0.25, -0.2) is 9.59 Å². The van der Waals surface area contributed by atoms with Crippen molar-refractivity contribution in [3.63, 3.8) is 0 Å². The Labute approximate surface area is 311 Å². The maximum absolute atomic E-state index is 12.7. The van der Waals surface area contributed by atoms with E-state index in [0.717, 1.165) is 24.0 Å². The van der Waals surface area contributed by atoms with Gasteiger partial charge in [-0.2, -0.15) is 10.1 Å². The summed E-state index contributed by atoms with van der Waals surface area (Å²) >= 11 is 8.67. The van der Waals surface area contributed by atoms with Gasteiger partial charge in [-0.1, -0.05) is 58.8 Å². The summed E-state index contributed by atoms with van der Waals surface area (Å²) in [6.07, 6.45) is -0.169. The molecule has 3 aromatic rings. The zero-order valence-electron chi connectivity index (χ0n) is 29.3. The Balaban J connectivity index is 2.12. The van der Waals surface area contributed by atoms with Gasteiger partial charge in [0.25, 0.3) is 11.8 Å². The van der Waals surface area contributed by atoms with Crippen LogP contribution >= 0.6 is 25.3 Å². The van der Waals surface area contributed by atoms with E-state index in [1.165, 1.54) is 27.7 Å². The summed E-state index contributed by atoms with van der Waals surface area (Å²) in [4.78, 5) is 95.1. The summed E-state index contributed by atoms with van der Waals surface area (Å²) in [6.45, 7) is 7.14. The van der Waals surface area contributed by atoms with Gasteiger partial charge in [0.05, 0.1) is 11.4 Å². The predicted molar refractivity (Wildman–Crippen MR) is 194 cm³/mol. The Kier molecular flexibility index (Phi) is 15.1. The van der Waals surface area contributed by atoms with Crippen molar-refractivity contribution in [3.8, 4) is 0 Å². The maximum Gasteiger partial charge on any atom is 0.331 e. The highest BCUT2D eigenvalue weighted by molar-refractivity contribution is 7.80. The Bertz CT molecular complexity index is 1710. The minimum atomic E-state index is -0.909. The first kappa shape index (κ1) is 40.9. The largest absolute Gasteiger partial charge is 0.338 e. The Morgan fingerprint density at radius 1 is 0.519 bits per heavy atom. The number of oxime groups is 2. The van der Waals surface area contributed by atoms with E-state index in [-0.39, 0.29) is 24.3 Å². The molecule has 0 spiro atoms. The van der Waals surface area contributed by atoms with Gasteiger partial charge in [0.15, 0.2) is 0 Å². The molecule has 0 aliphatic carbocycles. The lowest BCUT2D eigenvalue weighted by Crippen LogP contribution is -2.36. The van der Waals surface area contributed by atoms with Crippen molar-refractivity contribution < 1.29 is 48.1 Å². The van der Waals surface area contributed by atoms with E-state index >= 15 is 0 Å². The molecular weight excluding hydrogens is 713 g/mol. The molecule has 0 bridgehead atoms. The molecule has 0 fully saturated rings. The molecule has 14 nitrogen and oxygen atoms in total. The number of rotatable bonds is 12. The Morgan fingerprint density at radius 2 is 0.827 bits per heavy atom. The first-order chi connectivity index (χ1) is 24.5. The van der Waals surface area contributed by atoms with Crippen molar-refractivity contribution >= 4 is 72.4 Å². The lowest BCUT2D eigenvalue weighted by Gasteiger charge is -2.29. The van der Waals surface area contributed by atoms with Gasteiger partial charge < -0.3 is 19.4 Å². The summed E-state index contributed by atoms with van der Waals surface area (Å²) in [7, 11) is 0. The lowest BCUT2D eigenvalue weighted by atomic mass is 9.94. The minimum Gasteiger partial charge on any atom is -0.338 e. The first-order valence-corrected chi connectivity index (χ1v) is 16.6. The average molecular weight is 751 g/mol. The van der Waals surface area contributed by atoms with E-state index < -0.39 is 47.8 Å². The third-order valence-corrected chi connectivity index (χ3v) is 7.69. The van der Waals surface area contributed by atoms with Gasteiger partial charge in [0, 0.05) is 64.2 Å². The zero-order valence-corrected chi connectivity index (χ0v) is 31.1. The highest BCUT2D eigenvalue weighted by Crippen LogP contribution is 2.31. The van der Waals surface area contributed by atoms with Crippen LogP contribution in [-0.4, -0.2) is 57.2 Å². The van der Waals surface area contributed by atoms with E-state index in [4.69, 9.17) is 19.4 Å². The van der Waals surface area contributed by atoms with Gasteiger partial charge in [-0.3, -0.25) is 19.2 Å². The molecule has 0 aliphatic heterocycles. The summed E-state index contributed by atoms with van der Waals surface area (Å²) in [5.74, 6) is -4.02. The fourth-order valence-corrected chi connectivity index (χ4v) is 5.21. The third-order valence-electron chi connectivity index (χ3n) is 7.09. The SMILES string of the molecule is CC(=O)O/N=C(\CC(c1ccc(S)cc1)N(OC(C)=O)C(C)=O)c1ccc(/C(CC(c2ccc(S)cc2)N(OC(C)=O)C(C)=O)=N/OC(C)=O)cc1. The van der Waals surface area contributed by atoms with Crippen LogP contribution in [0.2, 0.25) is 0 Å². The molecule has 0 radical (unpaired) electrons. The van der Waals surface area contributed by atoms with Crippen molar-refractivity contribution in [2.24, 2.45) is 10.3 Å². The standard InChI is InChI=1S/C36H38N4O10S2/c1-21(41)39(49-25(5)45)35(29-11-15-31(51)16-12-29)19-33(37-47-23(3)43)27-7-9-28(10-8-27)34(38-48-24(4)44)20-36(30-13-17-32(52)18-14-30)40(22(2)42)50-26(6)46/h7-18,35-36,51-52H,19-20H2,1-6H3/b37-33+,38-34+. The molecule has 0 heterocycles. The van der Waals surface area contributed by atoms with Gasteiger partial charge in [-0.05, 0) is 46.5 Å². The molecule has 52 heavy (non-hydrogen) atoms. The summed E-state index contributed by atoms with van der Waals surface area (Å²) in [5, 5.41) is 9.98. The number of amides is 2. The van der Waals surface area contributed by atoms with Crippen molar-refractivity contribution in [1.82, 2.24) is 10.1 Å². The first-order valence-electron chi connectivity index (χ1n) is 15.7. The number of carbonyl (C=O) groups excluding carboxylic acids is 6. The molecule has 2 atom stereocenters. The van der Waals surface area contributed by atoms with Crippen LogP contribution in [0.25, 0.3) is 0 Å². The monoisotopic (exact) mass is 750 g/mol. The molecule has 3 aromatic carbocycles. The molecule has 0 saturated carbocycles. The van der Waals surface area contributed by atoms with Crippen molar-refractivity contribution in [2.75, 3.05) is 0 Å². The maximum atomic E-state index is 12.7. The predicted octanol–water partition coefficient (Wildman–Crippen LogP) is 5.71. The second-order valence-corrected chi connectivity index (χ2v) is 12.3.